The van der Waals surface area contributed by atoms with Crippen molar-refractivity contribution in [1.82, 2.24) is 9.55 Å². The highest BCUT2D eigenvalue weighted by atomic mass is 35.5. The molecular weight excluding hydrogens is 418 g/mol. The maximum absolute atomic E-state index is 14.4. The summed E-state index contributed by atoms with van der Waals surface area (Å²) in [5.74, 6) is 0.378. The van der Waals surface area contributed by atoms with E-state index in [4.69, 9.17) is 33.7 Å². The number of allylic oxidation sites excluding steroid dienone is 4. The number of hydrogen-bond acceptors (Lipinski definition) is 5. The van der Waals surface area contributed by atoms with Gasteiger partial charge in [-0.25, -0.2) is 9.37 Å². The molecule has 0 radical (unpaired) electrons. The van der Waals surface area contributed by atoms with Gasteiger partial charge in [0.25, 0.3) is 5.56 Å². The molecule has 0 bridgehead atoms. The molecule has 1 aliphatic carbocycles. The third-order valence-electron chi connectivity index (χ3n) is 6.46. The lowest BCUT2D eigenvalue weighted by atomic mass is 9.73. The van der Waals surface area contributed by atoms with Gasteiger partial charge in [0.2, 0.25) is 0 Å². The first kappa shape index (κ1) is 20.8. The summed E-state index contributed by atoms with van der Waals surface area (Å²) in [6.07, 6.45) is 4.54. The Bertz CT molecular complexity index is 924. The van der Waals surface area contributed by atoms with Gasteiger partial charge in [0, 0.05) is 30.6 Å². The van der Waals surface area contributed by atoms with Crippen molar-refractivity contribution in [3.63, 3.8) is 0 Å². The Hall–Kier alpha value is -1.41. The van der Waals surface area contributed by atoms with Crippen molar-refractivity contribution in [3.8, 4) is 0 Å². The van der Waals surface area contributed by atoms with E-state index < -0.39 is 16.6 Å². The molecule has 2 aliphatic heterocycles. The number of rotatable bonds is 2. The molecule has 9 heteroatoms. The molecule has 0 saturated carbocycles. The highest BCUT2D eigenvalue weighted by molar-refractivity contribution is 6.34. The van der Waals surface area contributed by atoms with E-state index in [-0.39, 0.29) is 28.8 Å². The van der Waals surface area contributed by atoms with Gasteiger partial charge in [0.1, 0.15) is 17.5 Å². The summed E-state index contributed by atoms with van der Waals surface area (Å²) in [6.45, 7) is 5.84. The van der Waals surface area contributed by atoms with E-state index in [9.17, 15) is 9.18 Å². The van der Waals surface area contributed by atoms with Crippen LogP contribution in [0.5, 0.6) is 0 Å². The van der Waals surface area contributed by atoms with E-state index in [0.717, 1.165) is 25.9 Å². The van der Waals surface area contributed by atoms with Gasteiger partial charge in [-0.15, -0.1) is 23.2 Å². The van der Waals surface area contributed by atoms with E-state index in [2.05, 4.69) is 9.88 Å². The number of nitrogens with zero attached hydrogens (tertiary/aromatic N) is 3. The van der Waals surface area contributed by atoms with Gasteiger partial charge in [-0.1, -0.05) is 6.08 Å². The SMILES string of the molecule is Cc1nc(N2CCC3(CC2)CO[C@@H](C)[C@H]3N)cc(=O)n1C1=C(F)C=C[C@H](Cl)C1Cl. The van der Waals surface area contributed by atoms with Crippen LogP contribution < -0.4 is 16.2 Å². The van der Waals surface area contributed by atoms with Gasteiger partial charge < -0.3 is 15.4 Å². The van der Waals surface area contributed by atoms with Crippen LogP contribution in [-0.2, 0) is 4.74 Å². The number of anilines is 1. The Morgan fingerprint density at radius 1 is 1.34 bits per heavy atom. The highest BCUT2D eigenvalue weighted by Crippen LogP contribution is 2.41. The zero-order valence-corrected chi connectivity index (χ0v) is 18.0. The number of halogens is 3. The second-order valence-corrected chi connectivity index (χ2v) is 9.14. The number of hydrogen-bond donors (Lipinski definition) is 1. The predicted octanol–water partition coefficient (Wildman–Crippen LogP) is 2.81. The standard InChI is InChI=1S/C20H25Cl2FN4O2/c1-11-19(24)20(10-29-11)5-7-26(8-6-20)15-9-16(28)27(12(2)25-15)18-14(23)4-3-13(21)17(18)22/h3-4,9,11,13,17,19H,5-8,10,24H2,1-2H3/t11-,13-,17?,19+/m0/s1. The molecule has 2 N–H and O–H groups in total. The number of ether oxygens (including phenoxy) is 1. The summed E-state index contributed by atoms with van der Waals surface area (Å²) < 4.78 is 21.4. The second-order valence-electron chi connectivity index (χ2n) is 8.17. The Balaban J connectivity index is 1.59. The zero-order valence-electron chi connectivity index (χ0n) is 16.4. The number of nitrogens with two attached hydrogens (primary N) is 1. The number of alkyl halides is 2. The molecule has 0 amide bonds. The number of aryl methyl sites for hydroxylation is 1. The average Bonchev–Trinajstić information content (AvgIpc) is 2.96. The van der Waals surface area contributed by atoms with Crippen LogP contribution in [0.1, 0.15) is 25.6 Å². The molecule has 29 heavy (non-hydrogen) atoms. The molecule has 4 rings (SSSR count). The summed E-state index contributed by atoms with van der Waals surface area (Å²) in [6, 6.07) is 1.45. The topological polar surface area (TPSA) is 73.4 Å². The maximum atomic E-state index is 14.4. The predicted molar refractivity (Wildman–Crippen MR) is 113 cm³/mol. The largest absolute Gasteiger partial charge is 0.376 e. The monoisotopic (exact) mass is 442 g/mol. The Kier molecular flexibility index (Phi) is 5.53. The van der Waals surface area contributed by atoms with Crippen molar-refractivity contribution in [3.05, 3.63) is 40.2 Å². The average molecular weight is 443 g/mol. The summed E-state index contributed by atoms with van der Waals surface area (Å²) in [5.41, 5.74) is 6.03. The Morgan fingerprint density at radius 2 is 2.03 bits per heavy atom. The van der Waals surface area contributed by atoms with Crippen LogP contribution in [0.4, 0.5) is 10.2 Å². The summed E-state index contributed by atoms with van der Waals surface area (Å²) >= 11 is 12.4. The van der Waals surface area contributed by atoms with E-state index in [1.807, 2.05) is 6.92 Å². The second kappa shape index (κ2) is 7.69. The third-order valence-corrected chi connectivity index (χ3v) is 7.46. The first-order valence-corrected chi connectivity index (χ1v) is 10.7. The van der Waals surface area contributed by atoms with Crippen molar-refractivity contribution in [2.75, 3.05) is 24.6 Å². The van der Waals surface area contributed by atoms with E-state index in [0.29, 0.717) is 18.2 Å². The molecule has 3 aliphatic rings. The number of aromatic nitrogens is 2. The van der Waals surface area contributed by atoms with Crippen LogP contribution in [0.15, 0.2) is 28.8 Å². The zero-order chi connectivity index (χ0) is 20.9. The van der Waals surface area contributed by atoms with E-state index in [1.165, 1.54) is 22.8 Å². The molecule has 158 valence electrons. The molecule has 2 fully saturated rings. The normalized spacial score (nSPS) is 31.7. The van der Waals surface area contributed by atoms with E-state index >= 15 is 0 Å². The minimum atomic E-state index is -0.855. The minimum Gasteiger partial charge on any atom is -0.376 e. The highest BCUT2D eigenvalue weighted by Gasteiger charge is 2.47. The van der Waals surface area contributed by atoms with Crippen LogP contribution >= 0.6 is 23.2 Å². The fourth-order valence-electron chi connectivity index (χ4n) is 4.56. The molecule has 6 nitrogen and oxygen atoms in total. The van der Waals surface area contributed by atoms with Crippen LogP contribution in [-0.4, -0.2) is 52.1 Å². The molecule has 1 aromatic rings. The molecule has 1 spiro atoms. The van der Waals surface area contributed by atoms with Gasteiger partial charge in [0.05, 0.1) is 29.2 Å². The van der Waals surface area contributed by atoms with Gasteiger partial charge in [-0.2, -0.15) is 0 Å². The van der Waals surface area contributed by atoms with Crippen molar-refractivity contribution in [2.24, 2.45) is 11.1 Å². The summed E-state index contributed by atoms with van der Waals surface area (Å²) in [5, 5.41) is -1.46. The molecule has 1 unspecified atom stereocenters. The molecular formula is C20H25Cl2FN4O2. The van der Waals surface area contributed by atoms with Gasteiger partial charge in [-0.05, 0) is 32.8 Å². The van der Waals surface area contributed by atoms with E-state index in [1.54, 1.807) is 6.92 Å². The maximum Gasteiger partial charge on any atom is 0.260 e. The fourth-order valence-corrected chi connectivity index (χ4v) is 5.04. The van der Waals surface area contributed by atoms with Crippen LogP contribution in [0, 0.1) is 12.3 Å². The lowest BCUT2D eigenvalue weighted by Gasteiger charge is -2.41. The Morgan fingerprint density at radius 3 is 2.62 bits per heavy atom. The minimum absolute atomic E-state index is 0.0104. The first-order valence-electron chi connectivity index (χ1n) is 9.83. The summed E-state index contributed by atoms with van der Waals surface area (Å²) in [4.78, 5) is 19.5. The lowest BCUT2D eigenvalue weighted by molar-refractivity contribution is 0.0974. The molecule has 1 aromatic heterocycles. The quantitative estimate of drug-likeness (QED) is 0.712. The van der Waals surface area contributed by atoms with Crippen LogP contribution in [0.3, 0.4) is 0 Å². The first-order chi connectivity index (χ1) is 13.7. The summed E-state index contributed by atoms with van der Waals surface area (Å²) in [7, 11) is 0. The van der Waals surface area contributed by atoms with Crippen molar-refractivity contribution < 1.29 is 9.13 Å². The van der Waals surface area contributed by atoms with Crippen molar-refractivity contribution in [1.29, 1.82) is 0 Å². The Labute approximate surface area is 179 Å². The molecule has 2 saturated heterocycles. The number of piperidine rings is 1. The molecule has 0 aromatic carbocycles. The fraction of sp³-hybridized carbons (Fsp3) is 0.600. The van der Waals surface area contributed by atoms with Gasteiger partial charge in [-0.3, -0.25) is 9.36 Å². The van der Waals surface area contributed by atoms with Gasteiger partial charge >= 0.3 is 0 Å². The van der Waals surface area contributed by atoms with Gasteiger partial charge in [0.15, 0.2) is 0 Å². The van der Waals surface area contributed by atoms with Crippen molar-refractivity contribution >= 4 is 34.7 Å². The van der Waals surface area contributed by atoms with Crippen LogP contribution in [0.25, 0.3) is 5.70 Å². The van der Waals surface area contributed by atoms with Crippen LogP contribution in [0.2, 0.25) is 0 Å². The lowest BCUT2D eigenvalue weighted by Crippen LogP contribution is -2.51. The smallest absolute Gasteiger partial charge is 0.260 e. The van der Waals surface area contributed by atoms with Crippen molar-refractivity contribution in [2.45, 2.75) is 49.6 Å². The molecule has 4 atom stereocenters. The molecule has 3 heterocycles. The third kappa shape index (κ3) is 3.52.